The number of carboxylic acids is 1. The Morgan fingerprint density at radius 3 is 2.48 bits per heavy atom. The molecule has 5 nitrogen and oxygen atoms in total. The van der Waals surface area contributed by atoms with E-state index in [0.29, 0.717) is 0 Å². The molecule has 0 aliphatic carbocycles. The molecule has 0 unspecified atom stereocenters. The van der Waals surface area contributed by atoms with E-state index in [1.54, 1.807) is 0 Å². The number of hydrogen-bond donors (Lipinski definition) is 2. The van der Waals surface area contributed by atoms with Crippen LogP contribution in [0.1, 0.15) is 21.5 Å². The zero-order chi connectivity index (χ0) is 18.6. The van der Waals surface area contributed by atoms with Gasteiger partial charge >= 0.3 is 12.1 Å². The molecule has 0 radical (unpaired) electrons. The van der Waals surface area contributed by atoms with Crippen LogP contribution in [0.5, 0.6) is 5.75 Å². The first kappa shape index (κ1) is 18.3. The summed E-state index contributed by atoms with van der Waals surface area (Å²) in [6, 6.07) is 8.45. The number of carboxylic acid groups (broad SMARTS) is 1. The highest BCUT2D eigenvalue weighted by molar-refractivity contribution is 5.95. The molecule has 132 valence electrons. The minimum Gasteiger partial charge on any atom is -0.496 e. The number of rotatable bonds is 5. The lowest BCUT2D eigenvalue weighted by Crippen LogP contribution is -2.15. The first-order valence-corrected chi connectivity index (χ1v) is 7.08. The van der Waals surface area contributed by atoms with Gasteiger partial charge in [-0.3, -0.25) is 4.79 Å². The van der Waals surface area contributed by atoms with Gasteiger partial charge in [-0.15, -0.1) is 0 Å². The fourth-order valence-electron chi connectivity index (χ4n) is 2.19. The second-order valence-corrected chi connectivity index (χ2v) is 5.14. The van der Waals surface area contributed by atoms with Gasteiger partial charge in [-0.05, 0) is 23.8 Å². The fourth-order valence-corrected chi connectivity index (χ4v) is 2.19. The van der Waals surface area contributed by atoms with Crippen molar-refractivity contribution in [1.29, 1.82) is 0 Å². The fraction of sp³-hybridized carbons (Fsp3) is 0.176. The summed E-state index contributed by atoms with van der Waals surface area (Å²) < 4.78 is 43.0. The molecule has 0 spiro atoms. The molecule has 2 rings (SSSR count). The number of hydrogen-bond acceptors (Lipinski definition) is 3. The molecule has 0 aliphatic heterocycles. The number of halogens is 3. The lowest BCUT2D eigenvalue weighted by molar-refractivity contribution is -0.137. The first-order valence-electron chi connectivity index (χ1n) is 7.08. The first-order chi connectivity index (χ1) is 11.7. The summed E-state index contributed by atoms with van der Waals surface area (Å²) in [6.07, 6.45) is -4.74. The van der Waals surface area contributed by atoms with Crippen molar-refractivity contribution in [2.45, 2.75) is 12.6 Å². The molecular weight excluding hydrogens is 339 g/mol. The molecule has 0 saturated heterocycles. The predicted molar refractivity (Wildman–Crippen MR) is 83.7 cm³/mol. The average Bonchev–Trinajstić information content (AvgIpc) is 2.53. The Morgan fingerprint density at radius 2 is 1.88 bits per heavy atom. The third kappa shape index (κ3) is 4.72. The van der Waals surface area contributed by atoms with Gasteiger partial charge in [0.15, 0.2) is 0 Å². The molecule has 0 aliphatic rings. The molecule has 0 bridgehead atoms. The normalized spacial score (nSPS) is 11.0. The molecule has 0 aromatic heterocycles. The molecule has 1 amide bonds. The number of amides is 1. The zero-order valence-electron chi connectivity index (χ0n) is 13.1. The maximum absolute atomic E-state index is 12.7. The van der Waals surface area contributed by atoms with E-state index < -0.39 is 23.6 Å². The Hall–Kier alpha value is -3.03. The number of carbonyl (C=O) groups is 2. The van der Waals surface area contributed by atoms with Crippen LogP contribution in [0.15, 0.2) is 42.5 Å². The number of ether oxygens (including phenoxy) is 1. The number of anilines is 1. The lowest BCUT2D eigenvalue weighted by atomic mass is 10.1. The monoisotopic (exact) mass is 353 g/mol. The van der Waals surface area contributed by atoms with Crippen molar-refractivity contribution in [1.82, 2.24) is 0 Å². The smallest absolute Gasteiger partial charge is 0.416 e. The Kier molecular flexibility index (Phi) is 5.31. The highest BCUT2D eigenvalue weighted by Crippen LogP contribution is 2.29. The molecule has 2 N–H and O–H groups in total. The van der Waals surface area contributed by atoms with Crippen molar-refractivity contribution >= 4 is 17.6 Å². The van der Waals surface area contributed by atoms with Crippen LogP contribution in [-0.2, 0) is 17.4 Å². The number of aromatic carboxylic acids is 1. The summed E-state index contributed by atoms with van der Waals surface area (Å²) in [6.45, 7) is 0. The molecular formula is C17H14F3NO4. The number of carbonyl (C=O) groups excluding carboxylic acids is 1. The highest BCUT2D eigenvalue weighted by atomic mass is 19.4. The van der Waals surface area contributed by atoms with Gasteiger partial charge in [0.05, 0.1) is 19.1 Å². The largest absolute Gasteiger partial charge is 0.496 e. The molecule has 2 aromatic carbocycles. The molecule has 0 atom stereocenters. The van der Waals surface area contributed by atoms with Gasteiger partial charge in [0.25, 0.3) is 0 Å². The van der Waals surface area contributed by atoms with Crippen molar-refractivity contribution in [2.24, 2.45) is 0 Å². The van der Waals surface area contributed by atoms with Gasteiger partial charge in [-0.1, -0.05) is 18.2 Å². The number of alkyl halides is 3. The third-order valence-electron chi connectivity index (χ3n) is 3.33. The van der Waals surface area contributed by atoms with E-state index in [0.717, 1.165) is 12.1 Å². The molecule has 25 heavy (non-hydrogen) atoms. The lowest BCUT2D eigenvalue weighted by Gasteiger charge is -2.11. The summed E-state index contributed by atoms with van der Waals surface area (Å²) in [7, 11) is 1.29. The van der Waals surface area contributed by atoms with Crippen LogP contribution < -0.4 is 10.1 Å². The molecule has 0 fully saturated rings. The molecule has 0 saturated carbocycles. The quantitative estimate of drug-likeness (QED) is 0.861. The van der Waals surface area contributed by atoms with Crippen LogP contribution >= 0.6 is 0 Å². The topological polar surface area (TPSA) is 75.6 Å². The number of methoxy groups -OCH3 is 1. The Morgan fingerprint density at radius 1 is 1.16 bits per heavy atom. The predicted octanol–water partition coefficient (Wildman–Crippen LogP) is 3.59. The van der Waals surface area contributed by atoms with E-state index in [1.165, 1.54) is 37.4 Å². The van der Waals surface area contributed by atoms with Crippen LogP contribution in [0.3, 0.4) is 0 Å². The van der Waals surface area contributed by atoms with Crippen molar-refractivity contribution < 1.29 is 32.6 Å². The van der Waals surface area contributed by atoms with E-state index in [1.807, 2.05) is 0 Å². The van der Waals surface area contributed by atoms with E-state index in [9.17, 15) is 22.8 Å². The van der Waals surface area contributed by atoms with Crippen molar-refractivity contribution in [2.75, 3.05) is 12.4 Å². The van der Waals surface area contributed by atoms with Gasteiger partial charge in [0.2, 0.25) is 5.91 Å². The number of benzene rings is 2. The minimum atomic E-state index is -4.48. The second kappa shape index (κ2) is 7.25. The van der Waals surface area contributed by atoms with Gasteiger partial charge in [0.1, 0.15) is 11.3 Å². The maximum Gasteiger partial charge on any atom is 0.416 e. The standard InChI is InChI=1S/C17H14F3NO4/c1-25-14-9-12(5-6-13(14)16(23)24)21-15(22)8-10-3-2-4-11(7-10)17(18,19)20/h2-7,9H,8H2,1H3,(H,21,22)(H,23,24). The van der Waals surface area contributed by atoms with Crippen LogP contribution in [-0.4, -0.2) is 24.1 Å². The third-order valence-corrected chi connectivity index (χ3v) is 3.33. The highest BCUT2D eigenvalue weighted by Gasteiger charge is 2.30. The zero-order valence-corrected chi connectivity index (χ0v) is 13.1. The Balaban J connectivity index is 2.12. The summed E-state index contributed by atoms with van der Waals surface area (Å²) in [4.78, 5) is 23.0. The second-order valence-electron chi connectivity index (χ2n) is 5.14. The number of nitrogens with one attached hydrogen (secondary N) is 1. The van der Waals surface area contributed by atoms with Gasteiger partial charge in [-0.25, -0.2) is 4.79 Å². The van der Waals surface area contributed by atoms with Crippen LogP contribution in [0.4, 0.5) is 18.9 Å². The van der Waals surface area contributed by atoms with Crippen LogP contribution in [0, 0.1) is 0 Å². The Labute approximate surface area is 141 Å². The van der Waals surface area contributed by atoms with Gasteiger partial charge < -0.3 is 15.2 Å². The van der Waals surface area contributed by atoms with E-state index in [4.69, 9.17) is 9.84 Å². The van der Waals surface area contributed by atoms with Crippen LogP contribution in [0.2, 0.25) is 0 Å². The summed E-state index contributed by atoms with van der Waals surface area (Å²) >= 11 is 0. The van der Waals surface area contributed by atoms with Crippen molar-refractivity contribution in [3.8, 4) is 5.75 Å². The van der Waals surface area contributed by atoms with Gasteiger partial charge in [-0.2, -0.15) is 13.2 Å². The molecule has 2 aromatic rings. The SMILES string of the molecule is COc1cc(NC(=O)Cc2cccc(C(F)(F)F)c2)ccc1C(=O)O. The van der Waals surface area contributed by atoms with Gasteiger partial charge in [0, 0.05) is 11.8 Å². The van der Waals surface area contributed by atoms with E-state index in [2.05, 4.69) is 5.32 Å². The molecule has 0 heterocycles. The van der Waals surface area contributed by atoms with Crippen molar-refractivity contribution in [3.63, 3.8) is 0 Å². The Bertz CT molecular complexity index is 803. The minimum absolute atomic E-state index is 0.0596. The summed E-state index contributed by atoms with van der Waals surface area (Å²) in [5, 5.41) is 11.5. The summed E-state index contributed by atoms with van der Waals surface area (Å²) in [5.74, 6) is -1.66. The van der Waals surface area contributed by atoms with Crippen LogP contribution in [0.25, 0.3) is 0 Å². The van der Waals surface area contributed by atoms with E-state index >= 15 is 0 Å². The van der Waals surface area contributed by atoms with E-state index in [-0.39, 0.29) is 29.0 Å². The molecule has 8 heteroatoms. The summed E-state index contributed by atoms with van der Waals surface area (Å²) in [5.41, 5.74) is -0.413. The maximum atomic E-state index is 12.7. The average molecular weight is 353 g/mol. The van der Waals surface area contributed by atoms with Crippen molar-refractivity contribution in [3.05, 3.63) is 59.2 Å².